The van der Waals surface area contributed by atoms with Crippen LogP contribution in [0.4, 0.5) is 0 Å². The second kappa shape index (κ2) is 7.89. The summed E-state index contributed by atoms with van der Waals surface area (Å²) in [6, 6.07) is 0.179. The number of aliphatic hydroxyl groups is 1. The Morgan fingerprint density at radius 1 is 1.47 bits per heavy atom. The van der Waals surface area contributed by atoms with Gasteiger partial charge in [0.1, 0.15) is 12.2 Å². The first-order valence-corrected chi connectivity index (χ1v) is 6.90. The highest BCUT2D eigenvalue weighted by atomic mass is 16.3. The van der Waals surface area contributed by atoms with Crippen molar-refractivity contribution in [1.29, 1.82) is 0 Å². The molecule has 1 aromatic heterocycles. The van der Waals surface area contributed by atoms with E-state index in [0.29, 0.717) is 5.69 Å². The van der Waals surface area contributed by atoms with Crippen LogP contribution < -0.4 is 5.32 Å². The minimum Gasteiger partial charge on any atom is -0.387 e. The fourth-order valence-corrected chi connectivity index (χ4v) is 1.82. The summed E-state index contributed by atoms with van der Waals surface area (Å²) in [7, 11) is 0. The van der Waals surface area contributed by atoms with E-state index in [1.54, 1.807) is 13.1 Å². The average Bonchev–Trinajstić information content (AvgIpc) is 2.77. The Morgan fingerprint density at radius 2 is 2.21 bits per heavy atom. The largest absolute Gasteiger partial charge is 0.387 e. The van der Waals surface area contributed by atoms with Crippen molar-refractivity contribution in [2.45, 2.75) is 65.1 Å². The number of hydrogen-bond acceptors (Lipinski definition) is 4. The van der Waals surface area contributed by atoms with Crippen LogP contribution in [-0.2, 0) is 11.3 Å². The summed E-state index contributed by atoms with van der Waals surface area (Å²) in [5.74, 6) is -0.0777. The number of nitrogens with one attached hydrogen (secondary N) is 1. The first-order chi connectivity index (χ1) is 9.02. The van der Waals surface area contributed by atoms with Crippen LogP contribution in [0, 0.1) is 0 Å². The molecule has 108 valence electrons. The van der Waals surface area contributed by atoms with Crippen molar-refractivity contribution >= 4 is 5.91 Å². The summed E-state index contributed by atoms with van der Waals surface area (Å²) in [6.07, 6.45) is 5.43. The number of unbranched alkanes of at least 4 members (excludes halogenated alkanes) is 2. The topological polar surface area (TPSA) is 80.0 Å². The molecule has 0 bridgehead atoms. The van der Waals surface area contributed by atoms with Crippen LogP contribution in [0.15, 0.2) is 6.20 Å². The molecule has 19 heavy (non-hydrogen) atoms. The normalized spacial score (nSPS) is 14.1. The molecule has 0 saturated carbocycles. The van der Waals surface area contributed by atoms with Crippen molar-refractivity contribution in [3.05, 3.63) is 11.9 Å². The van der Waals surface area contributed by atoms with Crippen molar-refractivity contribution in [3.8, 4) is 0 Å². The molecule has 2 atom stereocenters. The molecule has 2 N–H and O–H groups in total. The van der Waals surface area contributed by atoms with Gasteiger partial charge in [0.2, 0.25) is 5.91 Å². The van der Waals surface area contributed by atoms with Crippen LogP contribution in [0.2, 0.25) is 0 Å². The van der Waals surface area contributed by atoms with Crippen molar-refractivity contribution in [2.24, 2.45) is 0 Å². The third-order valence-corrected chi connectivity index (χ3v) is 2.94. The fourth-order valence-electron chi connectivity index (χ4n) is 1.82. The van der Waals surface area contributed by atoms with Gasteiger partial charge in [-0.1, -0.05) is 31.4 Å². The van der Waals surface area contributed by atoms with Crippen LogP contribution in [0.25, 0.3) is 0 Å². The average molecular weight is 268 g/mol. The van der Waals surface area contributed by atoms with Crippen LogP contribution in [0.5, 0.6) is 0 Å². The molecule has 0 aliphatic rings. The molecule has 6 heteroatoms. The van der Waals surface area contributed by atoms with E-state index < -0.39 is 6.10 Å². The summed E-state index contributed by atoms with van der Waals surface area (Å²) >= 11 is 0. The lowest BCUT2D eigenvalue weighted by Crippen LogP contribution is -2.35. The highest BCUT2D eigenvalue weighted by Crippen LogP contribution is 2.06. The maximum absolute atomic E-state index is 11.8. The molecular weight excluding hydrogens is 244 g/mol. The Hall–Kier alpha value is -1.43. The van der Waals surface area contributed by atoms with Gasteiger partial charge in [0.05, 0.1) is 12.3 Å². The summed E-state index contributed by atoms with van der Waals surface area (Å²) in [5, 5.41) is 19.9. The Labute approximate surface area is 114 Å². The van der Waals surface area contributed by atoms with Gasteiger partial charge < -0.3 is 10.4 Å². The van der Waals surface area contributed by atoms with E-state index in [1.807, 2.05) is 6.92 Å². The van der Waals surface area contributed by atoms with E-state index in [-0.39, 0.29) is 18.5 Å². The standard InChI is InChI=1S/C13H24N4O2/c1-4-5-6-7-10(2)14-13(19)9-17-8-12(11(3)18)15-16-17/h8,10-11,18H,4-7,9H2,1-3H3,(H,14,19). The number of amides is 1. The van der Waals surface area contributed by atoms with Crippen LogP contribution in [0.3, 0.4) is 0 Å². The van der Waals surface area contributed by atoms with Crippen molar-refractivity contribution in [1.82, 2.24) is 20.3 Å². The number of rotatable bonds is 8. The molecule has 0 aromatic carbocycles. The molecule has 1 aromatic rings. The van der Waals surface area contributed by atoms with Gasteiger partial charge in [0.25, 0.3) is 0 Å². The highest BCUT2D eigenvalue weighted by Gasteiger charge is 2.11. The van der Waals surface area contributed by atoms with Crippen molar-refractivity contribution < 1.29 is 9.90 Å². The summed E-state index contributed by atoms with van der Waals surface area (Å²) in [5.41, 5.74) is 0.476. The molecule has 0 aliphatic carbocycles. The first-order valence-electron chi connectivity index (χ1n) is 6.90. The molecule has 0 saturated heterocycles. The number of carbonyl (C=O) groups is 1. The minimum absolute atomic E-state index is 0.0777. The first kappa shape index (κ1) is 15.6. The van der Waals surface area contributed by atoms with Gasteiger partial charge in [0, 0.05) is 6.04 Å². The van der Waals surface area contributed by atoms with Crippen LogP contribution >= 0.6 is 0 Å². The lowest BCUT2D eigenvalue weighted by Gasteiger charge is -2.13. The Kier molecular flexibility index (Phi) is 6.49. The molecular formula is C13H24N4O2. The zero-order chi connectivity index (χ0) is 14.3. The zero-order valence-electron chi connectivity index (χ0n) is 12.0. The monoisotopic (exact) mass is 268 g/mol. The molecule has 1 amide bonds. The van der Waals surface area contributed by atoms with Gasteiger partial charge >= 0.3 is 0 Å². The molecule has 2 unspecified atom stereocenters. The lowest BCUT2D eigenvalue weighted by atomic mass is 10.1. The zero-order valence-corrected chi connectivity index (χ0v) is 12.0. The van der Waals surface area contributed by atoms with E-state index in [2.05, 4.69) is 22.6 Å². The van der Waals surface area contributed by atoms with Gasteiger partial charge in [-0.15, -0.1) is 5.10 Å². The van der Waals surface area contributed by atoms with E-state index in [1.165, 1.54) is 17.5 Å². The summed E-state index contributed by atoms with van der Waals surface area (Å²) in [6.45, 7) is 5.92. The van der Waals surface area contributed by atoms with Gasteiger partial charge in [-0.2, -0.15) is 0 Å². The van der Waals surface area contributed by atoms with E-state index >= 15 is 0 Å². The smallest absolute Gasteiger partial charge is 0.242 e. The molecule has 0 aliphatic heterocycles. The number of aromatic nitrogens is 3. The Morgan fingerprint density at radius 3 is 2.79 bits per heavy atom. The molecule has 1 heterocycles. The van der Waals surface area contributed by atoms with Crippen molar-refractivity contribution in [2.75, 3.05) is 0 Å². The number of aliphatic hydroxyl groups excluding tert-OH is 1. The SMILES string of the molecule is CCCCCC(C)NC(=O)Cn1cc(C(C)O)nn1. The number of carbonyl (C=O) groups excluding carboxylic acids is 1. The lowest BCUT2D eigenvalue weighted by molar-refractivity contribution is -0.122. The van der Waals surface area contributed by atoms with Crippen LogP contribution in [-0.4, -0.2) is 32.0 Å². The Bertz CT molecular complexity index is 390. The predicted molar refractivity (Wildman–Crippen MR) is 72.4 cm³/mol. The molecule has 1 rings (SSSR count). The third-order valence-electron chi connectivity index (χ3n) is 2.94. The number of nitrogens with zero attached hydrogens (tertiary/aromatic N) is 3. The maximum atomic E-state index is 11.8. The minimum atomic E-state index is -0.662. The highest BCUT2D eigenvalue weighted by molar-refractivity contribution is 5.75. The quantitative estimate of drug-likeness (QED) is 0.699. The van der Waals surface area contributed by atoms with E-state index in [4.69, 9.17) is 0 Å². The second-order valence-electron chi connectivity index (χ2n) is 4.98. The van der Waals surface area contributed by atoms with Crippen molar-refractivity contribution in [3.63, 3.8) is 0 Å². The van der Waals surface area contributed by atoms with Gasteiger partial charge in [-0.3, -0.25) is 4.79 Å². The maximum Gasteiger partial charge on any atom is 0.242 e. The van der Waals surface area contributed by atoms with E-state index in [9.17, 15) is 9.90 Å². The fraction of sp³-hybridized carbons (Fsp3) is 0.769. The number of hydrogen-bond donors (Lipinski definition) is 2. The predicted octanol–water partition coefficient (Wildman–Crippen LogP) is 1.42. The third kappa shape index (κ3) is 5.83. The Balaban J connectivity index is 2.33. The van der Waals surface area contributed by atoms with Gasteiger partial charge in [0.15, 0.2) is 0 Å². The molecule has 0 fully saturated rings. The van der Waals surface area contributed by atoms with Gasteiger partial charge in [-0.25, -0.2) is 4.68 Å². The van der Waals surface area contributed by atoms with Gasteiger partial charge in [-0.05, 0) is 20.3 Å². The summed E-state index contributed by atoms with van der Waals surface area (Å²) < 4.78 is 1.44. The summed E-state index contributed by atoms with van der Waals surface area (Å²) in [4.78, 5) is 11.8. The second-order valence-corrected chi connectivity index (χ2v) is 4.98. The molecule has 0 spiro atoms. The molecule has 6 nitrogen and oxygen atoms in total. The molecule has 0 radical (unpaired) electrons. The van der Waals surface area contributed by atoms with E-state index in [0.717, 1.165) is 12.8 Å². The van der Waals surface area contributed by atoms with Crippen LogP contribution in [0.1, 0.15) is 58.3 Å².